The molecule has 2 amide bonds. The number of urea groups is 1. The fraction of sp³-hybridized carbons (Fsp3) is 0.174. The zero-order valence-electron chi connectivity index (χ0n) is 16.7. The number of halogens is 1. The Morgan fingerprint density at radius 2 is 1.90 bits per heavy atom. The van der Waals surface area contributed by atoms with Gasteiger partial charge in [0, 0.05) is 41.8 Å². The van der Waals surface area contributed by atoms with Gasteiger partial charge in [0.05, 0.1) is 11.1 Å². The Balaban J connectivity index is 1.47. The van der Waals surface area contributed by atoms with Crippen LogP contribution in [-0.2, 0) is 0 Å². The Kier molecular flexibility index (Phi) is 4.74. The molecule has 0 atom stereocenters. The van der Waals surface area contributed by atoms with Crippen LogP contribution in [-0.4, -0.2) is 39.0 Å². The van der Waals surface area contributed by atoms with E-state index in [1.54, 1.807) is 23.2 Å². The molecule has 1 aliphatic rings. The number of carbonyl (C=O) groups excluding carboxylic acids is 1. The van der Waals surface area contributed by atoms with Gasteiger partial charge in [0.25, 0.3) is 0 Å². The van der Waals surface area contributed by atoms with E-state index in [1.165, 1.54) is 6.07 Å². The largest absolute Gasteiger partial charge is 0.398 e. The number of fused-ring (bicyclic) bond motifs is 1. The lowest BCUT2D eigenvalue weighted by atomic mass is 10.1. The third-order valence-corrected chi connectivity index (χ3v) is 5.48. The summed E-state index contributed by atoms with van der Waals surface area (Å²) >= 11 is 0. The van der Waals surface area contributed by atoms with Crippen LogP contribution in [0, 0.1) is 5.82 Å². The maximum Gasteiger partial charge on any atom is 0.321 e. The quantitative estimate of drug-likeness (QED) is 0.424. The van der Waals surface area contributed by atoms with Gasteiger partial charge in [-0.05, 0) is 43.2 Å². The average molecular weight is 416 g/mol. The summed E-state index contributed by atoms with van der Waals surface area (Å²) in [5.74, 6) is -0.0961. The Morgan fingerprint density at radius 3 is 2.71 bits per heavy atom. The molecule has 0 bridgehead atoms. The highest BCUT2D eigenvalue weighted by Gasteiger charge is 2.19. The minimum atomic E-state index is -0.439. The molecule has 0 unspecified atom stereocenters. The summed E-state index contributed by atoms with van der Waals surface area (Å²) < 4.78 is 14.6. The van der Waals surface area contributed by atoms with E-state index in [-0.39, 0.29) is 11.6 Å². The van der Waals surface area contributed by atoms with Crippen LogP contribution in [0.4, 0.5) is 20.6 Å². The Morgan fingerprint density at radius 1 is 1.10 bits per heavy atom. The molecule has 1 aliphatic heterocycles. The van der Waals surface area contributed by atoms with Crippen LogP contribution in [0.15, 0.2) is 54.7 Å². The number of amides is 2. The van der Waals surface area contributed by atoms with Crippen molar-refractivity contribution in [2.24, 2.45) is 0 Å². The lowest BCUT2D eigenvalue weighted by Crippen LogP contribution is -2.32. The molecule has 4 N–H and O–H groups in total. The van der Waals surface area contributed by atoms with E-state index >= 15 is 0 Å². The number of carbonyl (C=O) groups is 1. The van der Waals surface area contributed by atoms with Gasteiger partial charge in [-0.2, -0.15) is 0 Å². The molecule has 7 nitrogen and oxygen atoms in total. The average Bonchev–Trinajstić information content (AvgIpc) is 3.45. The monoisotopic (exact) mass is 416 g/mol. The number of nitrogens with one attached hydrogen (secondary N) is 2. The molecule has 0 spiro atoms. The van der Waals surface area contributed by atoms with Crippen LogP contribution in [0.5, 0.6) is 0 Å². The topological polar surface area (TPSA) is 99.9 Å². The third-order valence-electron chi connectivity index (χ3n) is 5.48. The maximum atomic E-state index is 14.6. The predicted molar refractivity (Wildman–Crippen MR) is 119 cm³/mol. The first-order chi connectivity index (χ1) is 15.1. The smallest absolute Gasteiger partial charge is 0.321 e. The zero-order valence-corrected chi connectivity index (χ0v) is 16.7. The SMILES string of the molecule is Nc1ccccc1-c1cnc2nc(-c3cc(NC(=O)N4CCCC4)ccc3F)[nH]c2c1. The van der Waals surface area contributed by atoms with Gasteiger partial charge in [-0.15, -0.1) is 0 Å². The molecular formula is C23H21FN6O. The van der Waals surface area contributed by atoms with Gasteiger partial charge in [0.2, 0.25) is 0 Å². The number of imidazole rings is 1. The van der Waals surface area contributed by atoms with Crippen LogP contribution in [0.1, 0.15) is 12.8 Å². The van der Waals surface area contributed by atoms with E-state index in [0.29, 0.717) is 28.4 Å². The summed E-state index contributed by atoms with van der Waals surface area (Å²) in [5, 5.41) is 2.84. The number of nitrogens with two attached hydrogens (primary N) is 1. The molecule has 0 saturated carbocycles. The second-order valence-electron chi connectivity index (χ2n) is 7.59. The number of hydrogen-bond donors (Lipinski definition) is 3. The molecule has 0 radical (unpaired) electrons. The van der Waals surface area contributed by atoms with Gasteiger partial charge in [-0.3, -0.25) is 0 Å². The number of hydrogen-bond acceptors (Lipinski definition) is 4. The van der Waals surface area contributed by atoms with Gasteiger partial charge in [-0.1, -0.05) is 18.2 Å². The van der Waals surface area contributed by atoms with Gasteiger partial charge >= 0.3 is 6.03 Å². The Hall–Kier alpha value is -3.94. The molecule has 1 saturated heterocycles. The van der Waals surface area contributed by atoms with Crippen LogP contribution in [0.25, 0.3) is 33.7 Å². The minimum Gasteiger partial charge on any atom is -0.398 e. The molecule has 5 rings (SSSR count). The Labute approximate surface area is 178 Å². The second kappa shape index (κ2) is 7.71. The van der Waals surface area contributed by atoms with Crippen molar-refractivity contribution in [2.45, 2.75) is 12.8 Å². The van der Waals surface area contributed by atoms with Gasteiger partial charge in [0.15, 0.2) is 5.65 Å². The van der Waals surface area contributed by atoms with Crippen molar-refractivity contribution in [3.63, 3.8) is 0 Å². The molecule has 2 aromatic carbocycles. The number of H-pyrrole nitrogens is 1. The van der Waals surface area contributed by atoms with Crippen LogP contribution >= 0.6 is 0 Å². The van der Waals surface area contributed by atoms with Crippen molar-refractivity contribution in [1.29, 1.82) is 0 Å². The number of aromatic nitrogens is 3. The van der Waals surface area contributed by atoms with E-state index in [9.17, 15) is 9.18 Å². The number of nitrogens with zero attached hydrogens (tertiary/aromatic N) is 3. The first-order valence-electron chi connectivity index (χ1n) is 10.1. The number of benzene rings is 2. The molecule has 31 heavy (non-hydrogen) atoms. The second-order valence-corrected chi connectivity index (χ2v) is 7.59. The molecule has 0 aliphatic carbocycles. The van der Waals surface area contributed by atoms with Crippen LogP contribution in [0.3, 0.4) is 0 Å². The number of rotatable bonds is 3. The zero-order chi connectivity index (χ0) is 21.4. The molecular weight excluding hydrogens is 395 g/mol. The summed E-state index contributed by atoms with van der Waals surface area (Å²) in [6.07, 6.45) is 3.71. The lowest BCUT2D eigenvalue weighted by molar-refractivity contribution is 0.222. The number of para-hydroxylation sites is 1. The lowest BCUT2D eigenvalue weighted by Gasteiger charge is -2.16. The van der Waals surface area contributed by atoms with Gasteiger partial charge in [-0.25, -0.2) is 19.2 Å². The first kappa shape index (κ1) is 19.0. The molecule has 1 fully saturated rings. The third kappa shape index (κ3) is 3.68. The van der Waals surface area contributed by atoms with Crippen molar-refractivity contribution in [2.75, 3.05) is 24.1 Å². The van der Waals surface area contributed by atoms with Gasteiger partial charge < -0.3 is 20.9 Å². The first-order valence-corrected chi connectivity index (χ1v) is 10.1. The van der Waals surface area contributed by atoms with Crippen molar-refractivity contribution >= 4 is 28.6 Å². The van der Waals surface area contributed by atoms with E-state index < -0.39 is 5.82 Å². The van der Waals surface area contributed by atoms with Crippen LogP contribution < -0.4 is 11.1 Å². The summed E-state index contributed by atoms with van der Waals surface area (Å²) in [6, 6.07) is 13.7. The summed E-state index contributed by atoms with van der Waals surface area (Å²) in [4.78, 5) is 26.1. The molecule has 8 heteroatoms. The van der Waals surface area contributed by atoms with Crippen molar-refractivity contribution in [3.05, 3.63) is 60.5 Å². The fourth-order valence-corrected chi connectivity index (χ4v) is 3.84. The highest BCUT2D eigenvalue weighted by molar-refractivity contribution is 5.90. The maximum absolute atomic E-state index is 14.6. The standard InChI is InChI=1S/C23H21FN6O/c24-18-8-7-15(27-23(31)30-9-3-4-10-30)12-17(18)21-28-20-11-14(13-26-22(20)29-21)16-5-1-2-6-19(16)25/h1-2,5-8,11-13H,3-4,9-10,25H2,(H,27,31)(H,26,28,29). The Bertz CT molecular complexity index is 1280. The van der Waals surface area contributed by atoms with E-state index in [4.69, 9.17) is 5.73 Å². The summed E-state index contributed by atoms with van der Waals surface area (Å²) in [5.41, 5.74) is 10.3. The van der Waals surface area contributed by atoms with Crippen molar-refractivity contribution in [1.82, 2.24) is 19.9 Å². The fourth-order valence-electron chi connectivity index (χ4n) is 3.84. The summed E-state index contributed by atoms with van der Waals surface area (Å²) in [7, 11) is 0. The van der Waals surface area contributed by atoms with E-state index in [2.05, 4.69) is 20.3 Å². The molecule has 3 heterocycles. The minimum absolute atomic E-state index is 0.175. The van der Waals surface area contributed by atoms with Crippen molar-refractivity contribution < 1.29 is 9.18 Å². The highest BCUT2D eigenvalue weighted by Crippen LogP contribution is 2.29. The molecule has 2 aromatic heterocycles. The molecule has 4 aromatic rings. The number of aromatic amines is 1. The number of nitrogen functional groups attached to an aromatic ring is 1. The normalized spacial score (nSPS) is 13.6. The number of anilines is 2. The van der Waals surface area contributed by atoms with Gasteiger partial charge in [0.1, 0.15) is 11.6 Å². The summed E-state index contributed by atoms with van der Waals surface area (Å²) in [6.45, 7) is 1.48. The van der Waals surface area contributed by atoms with E-state index in [1.807, 2.05) is 30.3 Å². The van der Waals surface area contributed by atoms with Crippen LogP contribution in [0.2, 0.25) is 0 Å². The predicted octanol–water partition coefficient (Wildman–Crippen LogP) is 4.64. The van der Waals surface area contributed by atoms with Crippen molar-refractivity contribution in [3.8, 4) is 22.5 Å². The van der Waals surface area contributed by atoms with E-state index in [0.717, 1.165) is 37.1 Å². The number of pyridine rings is 1. The highest BCUT2D eigenvalue weighted by atomic mass is 19.1. The number of likely N-dealkylation sites (tertiary alicyclic amines) is 1. The molecule has 156 valence electrons.